The molecule has 9 nitrogen and oxygen atoms in total. The first-order chi connectivity index (χ1) is 16.3. The fourth-order valence-corrected chi connectivity index (χ4v) is 4.66. The predicted molar refractivity (Wildman–Crippen MR) is 130 cm³/mol. The Morgan fingerprint density at radius 1 is 1.18 bits per heavy atom. The number of anilines is 2. The third-order valence-electron chi connectivity index (χ3n) is 7.14. The molecule has 1 aliphatic heterocycles. The first kappa shape index (κ1) is 22.4. The average Bonchev–Trinajstić information content (AvgIpc) is 3.47. The summed E-state index contributed by atoms with van der Waals surface area (Å²) in [7, 11) is 1.42. The van der Waals surface area contributed by atoms with Gasteiger partial charge in [-0.05, 0) is 38.7 Å². The molecule has 10 heteroatoms. The van der Waals surface area contributed by atoms with Crippen molar-refractivity contribution in [2.75, 3.05) is 24.3 Å². The molecule has 2 N–H and O–H groups in total. The van der Waals surface area contributed by atoms with Crippen LogP contribution < -0.4 is 15.4 Å². The molecule has 1 aromatic carbocycles. The van der Waals surface area contributed by atoms with E-state index in [-0.39, 0.29) is 17.6 Å². The Bertz CT molecular complexity index is 1350. The topological polar surface area (TPSA) is 99.4 Å². The van der Waals surface area contributed by atoms with Gasteiger partial charge in [-0.2, -0.15) is 9.61 Å². The van der Waals surface area contributed by atoms with Crippen molar-refractivity contribution in [3.8, 4) is 5.75 Å². The number of rotatable bonds is 5. The lowest BCUT2D eigenvalue weighted by Gasteiger charge is -2.37. The maximum Gasteiger partial charge on any atom is 0.223 e. The lowest BCUT2D eigenvalue weighted by molar-refractivity contribution is 0.375. The Morgan fingerprint density at radius 3 is 2.71 bits per heavy atom. The monoisotopic (exact) mass is 466 g/mol. The summed E-state index contributed by atoms with van der Waals surface area (Å²) >= 11 is 0. The summed E-state index contributed by atoms with van der Waals surface area (Å²) in [6.07, 6.45) is 6.04. The van der Waals surface area contributed by atoms with Gasteiger partial charge >= 0.3 is 0 Å². The minimum absolute atomic E-state index is 0.111. The van der Waals surface area contributed by atoms with Crippen molar-refractivity contribution in [2.24, 2.45) is 5.92 Å². The van der Waals surface area contributed by atoms with Gasteiger partial charge in [0.1, 0.15) is 0 Å². The van der Waals surface area contributed by atoms with Crippen molar-refractivity contribution < 1.29 is 9.13 Å². The number of fused-ring (bicyclic) bond motifs is 3. The molecule has 1 saturated heterocycles. The Balaban J connectivity index is 1.49. The van der Waals surface area contributed by atoms with Crippen LogP contribution in [0.15, 0.2) is 24.5 Å². The Morgan fingerprint density at radius 2 is 1.97 bits per heavy atom. The molecule has 0 saturated carbocycles. The van der Waals surface area contributed by atoms with E-state index in [0.717, 1.165) is 25.1 Å². The van der Waals surface area contributed by atoms with Crippen LogP contribution in [-0.4, -0.2) is 49.1 Å². The Hall–Kier alpha value is -3.43. The molecule has 4 aromatic rings. The molecule has 3 aromatic heterocycles. The van der Waals surface area contributed by atoms with E-state index in [2.05, 4.69) is 54.0 Å². The number of nitrogen functional groups attached to an aromatic ring is 1. The highest BCUT2D eigenvalue weighted by atomic mass is 19.1. The SMILES string of the molecule is COc1cc2nc(N)n3nc([C@@H]4CC[C@H](C)N(c5cnn([C@@H](C)C(C)C)c5)C4)nc3c2cc1F. The number of aromatic nitrogens is 6. The van der Waals surface area contributed by atoms with Crippen LogP contribution in [0.25, 0.3) is 16.6 Å². The molecule has 1 fully saturated rings. The molecule has 1 aliphatic rings. The molecule has 34 heavy (non-hydrogen) atoms. The Labute approximate surface area is 197 Å². The summed E-state index contributed by atoms with van der Waals surface area (Å²) in [4.78, 5) is 11.6. The van der Waals surface area contributed by atoms with Gasteiger partial charge in [-0.1, -0.05) is 13.8 Å². The van der Waals surface area contributed by atoms with Crippen LogP contribution in [0.4, 0.5) is 16.0 Å². The van der Waals surface area contributed by atoms with Gasteiger partial charge in [-0.25, -0.2) is 14.4 Å². The van der Waals surface area contributed by atoms with Gasteiger partial charge in [-0.15, -0.1) is 5.10 Å². The number of piperidine rings is 1. The van der Waals surface area contributed by atoms with E-state index in [0.29, 0.717) is 40.4 Å². The second-order valence-corrected chi connectivity index (χ2v) is 9.62. The lowest BCUT2D eigenvalue weighted by atomic mass is 9.92. The molecule has 0 unspecified atom stereocenters. The van der Waals surface area contributed by atoms with Crippen LogP contribution in [0.3, 0.4) is 0 Å². The number of methoxy groups -OCH3 is 1. The zero-order chi connectivity index (χ0) is 24.1. The zero-order valence-electron chi connectivity index (χ0n) is 20.2. The largest absolute Gasteiger partial charge is 0.494 e. The van der Waals surface area contributed by atoms with E-state index in [1.54, 1.807) is 0 Å². The van der Waals surface area contributed by atoms with E-state index >= 15 is 0 Å². The van der Waals surface area contributed by atoms with Crippen LogP contribution in [0.1, 0.15) is 58.3 Å². The summed E-state index contributed by atoms with van der Waals surface area (Å²) in [5, 5.41) is 9.85. The zero-order valence-corrected chi connectivity index (χ0v) is 20.2. The summed E-state index contributed by atoms with van der Waals surface area (Å²) in [6, 6.07) is 3.63. The van der Waals surface area contributed by atoms with Crippen molar-refractivity contribution in [1.29, 1.82) is 0 Å². The third-order valence-corrected chi connectivity index (χ3v) is 7.14. The van der Waals surface area contributed by atoms with Crippen LogP contribution in [0, 0.1) is 11.7 Å². The first-order valence-electron chi connectivity index (χ1n) is 11.8. The third kappa shape index (κ3) is 3.70. The van der Waals surface area contributed by atoms with Crippen molar-refractivity contribution in [3.05, 3.63) is 36.2 Å². The average molecular weight is 467 g/mol. The summed E-state index contributed by atoms with van der Waals surface area (Å²) in [6.45, 7) is 9.60. The molecule has 5 rings (SSSR count). The molecular formula is C24H31FN8O. The Kier molecular flexibility index (Phi) is 5.53. The van der Waals surface area contributed by atoms with E-state index in [4.69, 9.17) is 15.5 Å². The van der Waals surface area contributed by atoms with Crippen LogP contribution in [0.5, 0.6) is 5.75 Å². The number of benzene rings is 1. The maximum absolute atomic E-state index is 14.4. The highest BCUT2D eigenvalue weighted by molar-refractivity contribution is 5.93. The second kappa shape index (κ2) is 8.41. The number of hydrogen-bond acceptors (Lipinski definition) is 7. The summed E-state index contributed by atoms with van der Waals surface area (Å²) in [5.74, 6) is 1.16. The van der Waals surface area contributed by atoms with Crippen molar-refractivity contribution in [1.82, 2.24) is 29.4 Å². The molecule has 4 heterocycles. The number of nitrogens with zero attached hydrogens (tertiary/aromatic N) is 7. The molecule has 0 radical (unpaired) electrons. The van der Waals surface area contributed by atoms with Gasteiger partial charge in [0.15, 0.2) is 23.0 Å². The van der Waals surface area contributed by atoms with Gasteiger partial charge in [0.2, 0.25) is 5.95 Å². The maximum atomic E-state index is 14.4. The van der Waals surface area contributed by atoms with Crippen LogP contribution in [0.2, 0.25) is 0 Å². The quantitative estimate of drug-likeness (QED) is 0.471. The van der Waals surface area contributed by atoms with Gasteiger partial charge in [0, 0.05) is 36.2 Å². The smallest absolute Gasteiger partial charge is 0.223 e. The molecular weight excluding hydrogens is 435 g/mol. The molecule has 0 bridgehead atoms. The highest BCUT2D eigenvalue weighted by Crippen LogP contribution is 2.34. The highest BCUT2D eigenvalue weighted by Gasteiger charge is 2.31. The standard InChI is InChI=1S/C24H31FN8O/c1-13(2)15(4)32-12-17(10-27-32)31-11-16(7-6-14(31)3)22-29-23-18-8-19(25)21(34-5)9-20(18)28-24(26)33(23)30-22/h8-10,12-16H,6-7,11H2,1-5H3,(H2,26,28)/t14-,15-,16+/m0/s1. The minimum atomic E-state index is -0.474. The fraction of sp³-hybridized carbons (Fsp3) is 0.500. The van der Waals surface area contributed by atoms with Gasteiger partial charge < -0.3 is 15.4 Å². The molecule has 0 aliphatic carbocycles. The minimum Gasteiger partial charge on any atom is -0.494 e. The normalized spacial score (nSPS) is 19.9. The van der Waals surface area contributed by atoms with Crippen molar-refractivity contribution in [3.63, 3.8) is 0 Å². The van der Waals surface area contributed by atoms with E-state index in [1.165, 1.54) is 23.8 Å². The van der Waals surface area contributed by atoms with E-state index in [1.807, 2.05) is 10.9 Å². The van der Waals surface area contributed by atoms with Crippen molar-refractivity contribution in [2.45, 2.75) is 58.5 Å². The van der Waals surface area contributed by atoms with Gasteiger partial charge in [-0.3, -0.25) is 4.68 Å². The molecule has 0 amide bonds. The van der Waals surface area contributed by atoms with E-state index < -0.39 is 5.82 Å². The fourth-order valence-electron chi connectivity index (χ4n) is 4.66. The molecule has 180 valence electrons. The van der Waals surface area contributed by atoms with Gasteiger partial charge in [0.25, 0.3) is 0 Å². The number of nitrogens with two attached hydrogens (primary N) is 1. The number of ether oxygens (including phenoxy) is 1. The van der Waals surface area contributed by atoms with Gasteiger partial charge in [0.05, 0.1) is 30.6 Å². The number of halogens is 1. The predicted octanol–water partition coefficient (Wildman–Crippen LogP) is 4.19. The van der Waals surface area contributed by atoms with Crippen LogP contribution >= 0.6 is 0 Å². The lowest BCUT2D eigenvalue weighted by Crippen LogP contribution is -2.41. The summed E-state index contributed by atoms with van der Waals surface area (Å²) in [5.41, 5.74) is 8.31. The summed E-state index contributed by atoms with van der Waals surface area (Å²) < 4.78 is 23.1. The number of hydrogen-bond donors (Lipinski definition) is 1. The van der Waals surface area contributed by atoms with E-state index in [9.17, 15) is 4.39 Å². The second-order valence-electron chi connectivity index (χ2n) is 9.62. The van der Waals surface area contributed by atoms with Crippen LogP contribution in [-0.2, 0) is 0 Å². The van der Waals surface area contributed by atoms with Crippen molar-refractivity contribution >= 4 is 28.2 Å². The molecule has 0 spiro atoms. The molecule has 3 atom stereocenters. The first-order valence-corrected chi connectivity index (χ1v) is 11.8.